The van der Waals surface area contributed by atoms with Crippen molar-refractivity contribution in [1.82, 2.24) is 14.5 Å². The van der Waals surface area contributed by atoms with Gasteiger partial charge in [-0.15, -0.1) is 0 Å². The van der Waals surface area contributed by atoms with Gasteiger partial charge in [0, 0.05) is 30.6 Å². The van der Waals surface area contributed by atoms with Crippen molar-refractivity contribution >= 4 is 11.0 Å². The minimum atomic E-state index is -4.49. The normalized spacial score (nSPS) is 20.2. The number of hydrogen-bond acceptors (Lipinski definition) is 5. The summed E-state index contributed by atoms with van der Waals surface area (Å²) in [4.78, 5) is 20.9. The van der Waals surface area contributed by atoms with Crippen molar-refractivity contribution in [2.24, 2.45) is 11.8 Å². The molecule has 0 amide bonds. The molecule has 35 heavy (non-hydrogen) atoms. The Bertz CT molecular complexity index is 1250. The van der Waals surface area contributed by atoms with Crippen LogP contribution >= 0.6 is 0 Å². The quantitative estimate of drug-likeness (QED) is 0.465. The maximum absolute atomic E-state index is 13.2. The van der Waals surface area contributed by atoms with Gasteiger partial charge in [0.25, 0.3) is 5.56 Å². The van der Waals surface area contributed by atoms with Crippen LogP contribution in [-0.2, 0) is 19.1 Å². The number of pyridine rings is 3. The second kappa shape index (κ2) is 9.87. The summed E-state index contributed by atoms with van der Waals surface area (Å²) in [6.45, 7) is 1.51. The Morgan fingerprint density at radius 2 is 1.63 bits per heavy atom. The number of aryl methyl sites for hydroxylation is 2. The first-order valence-corrected chi connectivity index (χ1v) is 12.2. The van der Waals surface area contributed by atoms with E-state index < -0.39 is 11.7 Å². The van der Waals surface area contributed by atoms with Gasteiger partial charge in [-0.25, -0.2) is 0 Å². The highest BCUT2D eigenvalue weighted by Crippen LogP contribution is 2.35. The highest BCUT2D eigenvalue weighted by molar-refractivity contribution is 5.75. The second-order valence-electron chi connectivity index (χ2n) is 9.48. The number of alkyl halides is 3. The lowest BCUT2D eigenvalue weighted by molar-refractivity contribution is -0.137. The van der Waals surface area contributed by atoms with Crippen LogP contribution in [0.4, 0.5) is 13.2 Å². The maximum Gasteiger partial charge on any atom is 0.417 e. The molecule has 0 atom stereocenters. The third-order valence-electron chi connectivity index (χ3n) is 7.19. The van der Waals surface area contributed by atoms with Gasteiger partial charge in [0.05, 0.1) is 22.8 Å². The highest BCUT2D eigenvalue weighted by atomic mass is 19.4. The van der Waals surface area contributed by atoms with Crippen molar-refractivity contribution < 1.29 is 22.6 Å². The van der Waals surface area contributed by atoms with E-state index in [2.05, 4.69) is 9.97 Å². The van der Waals surface area contributed by atoms with E-state index in [1.54, 1.807) is 6.20 Å². The van der Waals surface area contributed by atoms with Crippen molar-refractivity contribution in [2.75, 3.05) is 13.2 Å². The number of ether oxygens (including phenoxy) is 2. The molecule has 1 fully saturated rings. The van der Waals surface area contributed by atoms with Crippen LogP contribution in [0.25, 0.3) is 11.0 Å². The van der Waals surface area contributed by atoms with Gasteiger partial charge in [-0.1, -0.05) is 25.7 Å². The fraction of sp³-hybridized carbons (Fsp3) is 0.500. The first-order chi connectivity index (χ1) is 16.9. The standard InChI is InChI=1S/C26H28F3N3O3/c27-26(28,29)19-13-22-21(31-15-19)7-8-25(33)32(22)10-9-18-3-1-17(2-4-18)5-6-20-14-23-24(16-30-20)35-12-11-34-23/h7-8,13-18H,1-6,9-12H2. The molecular weight excluding hydrogens is 459 g/mol. The van der Waals surface area contributed by atoms with Crippen molar-refractivity contribution in [3.05, 3.63) is 58.3 Å². The van der Waals surface area contributed by atoms with Crippen molar-refractivity contribution in [3.63, 3.8) is 0 Å². The monoisotopic (exact) mass is 487 g/mol. The average Bonchev–Trinajstić information content (AvgIpc) is 2.86. The number of rotatable bonds is 6. The van der Waals surface area contributed by atoms with Crippen molar-refractivity contribution in [3.8, 4) is 11.5 Å². The van der Waals surface area contributed by atoms with Crippen molar-refractivity contribution in [2.45, 2.75) is 57.7 Å². The average molecular weight is 488 g/mol. The summed E-state index contributed by atoms with van der Waals surface area (Å²) >= 11 is 0. The van der Waals surface area contributed by atoms with E-state index in [-0.39, 0.29) is 11.1 Å². The SMILES string of the molecule is O=c1ccc2ncc(C(F)(F)F)cc2n1CCC1CCC(CCc2cc3c(cn2)OCCO3)CC1. The van der Waals surface area contributed by atoms with E-state index >= 15 is 0 Å². The van der Waals surface area contributed by atoms with E-state index in [0.29, 0.717) is 42.9 Å². The summed E-state index contributed by atoms with van der Waals surface area (Å²) in [5.41, 5.74) is 0.525. The fourth-order valence-corrected chi connectivity index (χ4v) is 5.15. The molecular formula is C26H28F3N3O3. The number of aromatic nitrogens is 3. The highest BCUT2D eigenvalue weighted by Gasteiger charge is 2.31. The van der Waals surface area contributed by atoms with Crippen LogP contribution in [0.15, 0.2) is 41.5 Å². The topological polar surface area (TPSA) is 66.2 Å². The molecule has 186 valence electrons. The molecule has 1 aliphatic heterocycles. The molecule has 9 heteroatoms. The zero-order chi connectivity index (χ0) is 24.4. The van der Waals surface area contributed by atoms with Crippen LogP contribution in [-0.4, -0.2) is 27.7 Å². The molecule has 3 aromatic heterocycles. The maximum atomic E-state index is 13.2. The summed E-state index contributed by atoms with van der Waals surface area (Å²) in [7, 11) is 0. The molecule has 0 saturated heterocycles. The molecule has 5 rings (SSSR count). The number of hydrogen-bond donors (Lipinski definition) is 0. The Morgan fingerprint density at radius 1 is 0.914 bits per heavy atom. The Hall–Kier alpha value is -3.10. The van der Waals surface area contributed by atoms with Gasteiger partial charge in [-0.3, -0.25) is 14.8 Å². The molecule has 0 spiro atoms. The third kappa shape index (κ3) is 5.44. The van der Waals surface area contributed by atoms with Crippen LogP contribution in [0, 0.1) is 11.8 Å². The lowest BCUT2D eigenvalue weighted by Crippen LogP contribution is -2.23. The second-order valence-corrected chi connectivity index (χ2v) is 9.48. The number of fused-ring (bicyclic) bond motifs is 2. The minimum Gasteiger partial charge on any atom is -0.486 e. The minimum absolute atomic E-state index is 0.243. The molecule has 0 unspecified atom stereocenters. The summed E-state index contributed by atoms with van der Waals surface area (Å²) in [5, 5.41) is 0. The van der Waals surface area contributed by atoms with E-state index in [0.717, 1.165) is 68.7 Å². The zero-order valence-electron chi connectivity index (χ0n) is 19.4. The Labute approximate surface area is 201 Å². The van der Waals surface area contributed by atoms with Crippen LogP contribution in [0.1, 0.15) is 49.8 Å². The van der Waals surface area contributed by atoms with Gasteiger partial charge in [-0.05, 0) is 43.2 Å². The van der Waals surface area contributed by atoms with Gasteiger partial charge in [0.15, 0.2) is 11.5 Å². The predicted molar refractivity (Wildman–Crippen MR) is 125 cm³/mol. The molecule has 1 saturated carbocycles. The Kier molecular flexibility index (Phi) is 6.67. The van der Waals surface area contributed by atoms with E-state index in [1.807, 2.05) is 6.07 Å². The van der Waals surface area contributed by atoms with Crippen molar-refractivity contribution in [1.29, 1.82) is 0 Å². The van der Waals surface area contributed by atoms with E-state index in [1.165, 1.54) is 16.7 Å². The lowest BCUT2D eigenvalue weighted by Gasteiger charge is -2.29. The molecule has 2 aliphatic rings. The van der Waals surface area contributed by atoms with Gasteiger partial charge in [-0.2, -0.15) is 13.2 Å². The van der Waals surface area contributed by atoms with Gasteiger partial charge in [0.1, 0.15) is 13.2 Å². The van der Waals surface area contributed by atoms with Gasteiger partial charge >= 0.3 is 6.18 Å². The largest absolute Gasteiger partial charge is 0.486 e. The molecule has 4 heterocycles. The lowest BCUT2D eigenvalue weighted by atomic mass is 9.78. The third-order valence-corrected chi connectivity index (χ3v) is 7.19. The van der Waals surface area contributed by atoms with Crippen LogP contribution in [0.5, 0.6) is 11.5 Å². The van der Waals surface area contributed by atoms with Crippen LogP contribution < -0.4 is 15.0 Å². The fourth-order valence-electron chi connectivity index (χ4n) is 5.15. The first-order valence-electron chi connectivity index (χ1n) is 12.2. The van der Waals surface area contributed by atoms with Gasteiger partial charge < -0.3 is 14.0 Å². The molecule has 0 aromatic carbocycles. The molecule has 6 nitrogen and oxygen atoms in total. The van der Waals surface area contributed by atoms with E-state index in [9.17, 15) is 18.0 Å². The number of nitrogens with zero attached hydrogens (tertiary/aromatic N) is 3. The Morgan fingerprint density at radius 3 is 2.37 bits per heavy atom. The first kappa shape index (κ1) is 23.6. The van der Waals surface area contributed by atoms with Crippen LogP contribution in [0.2, 0.25) is 0 Å². The number of halogens is 3. The van der Waals surface area contributed by atoms with E-state index in [4.69, 9.17) is 9.47 Å². The Balaban J connectivity index is 1.16. The van der Waals surface area contributed by atoms with Gasteiger partial charge in [0.2, 0.25) is 0 Å². The smallest absolute Gasteiger partial charge is 0.417 e. The molecule has 0 N–H and O–H groups in total. The summed E-state index contributed by atoms with van der Waals surface area (Å²) in [5.74, 6) is 2.56. The molecule has 1 aliphatic carbocycles. The molecule has 3 aromatic rings. The zero-order valence-corrected chi connectivity index (χ0v) is 19.4. The summed E-state index contributed by atoms with van der Waals surface area (Å²) in [6, 6.07) is 5.87. The summed E-state index contributed by atoms with van der Waals surface area (Å²) < 4.78 is 52.1. The summed E-state index contributed by atoms with van der Waals surface area (Å²) in [6.07, 6.45) is 5.13. The molecule has 0 bridgehead atoms. The van der Waals surface area contributed by atoms with Crippen LogP contribution in [0.3, 0.4) is 0 Å². The molecule has 0 radical (unpaired) electrons. The predicted octanol–water partition coefficient (Wildman–Crippen LogP) is 5.41.